The lowest BCUT2D eigenvalue weighted by Gasteiger charge is -2.28. The van der Waals surface area contributed by atoms with E-state index in [1.807, 2.05) is 56.3 Å². The maximum absolute atomic E-state index is 13.7. The molecule has 210 valence electrons. The van der Waals surface area contributed by atoms with Gasteiger partial charge in [0.2, 0.25) is 0 Å². The Morgan fingerprint density at radius 2 is 1.57 bits per heavy atom. The van der Waals surface area contributed by atoms with Crippen LogP contribution in [0.5, 0.6) is 5.75 Å². The maximum Gasteiger partial charge on any atom is 0.300 e. The molecule has 40 heavy (non-hydrogen) atoms. The van der Waals surface area contributed by atoms with Gasteiger partial charge < -0.3 is 9.84 Å². The van der Waals surface area contributed by atoms with Gasteiger partial charge in [-0.15, -0.1) is 0 Å². The first kappa shape index (κ1) is 29.4. The van der Waals surface area contributed by atoms with Crippen LogP contribution < -0.4 is 9.64 Å². The Balaban J connectivity index is 1.98. The summed E-state index contributed by atoms with van der Waals surface area (Å²) in [5.41, 5.74) is 4.18. The molecule has 1 atom stereocenters. The molecule has 4 rings (SSSR count). The topological polar surface area (TPSA) is 66.8 Å². The van der Waals surface area contributed by atoms with Crippen LogP contribution in [0.4, 0.5) is 5.69 Å². The van der Waals surface area contributed by atoms with Crippen molar-refractivity contribution in [1.29, 1.82) is 0 Å². The number of aliphatic hydroxyl groups is 1. The van der Waals surface area contributed by atoms with E-state index >= 15 is 0 Å². The van der Waals surface area contributed by atoms with Crippen molar-refractivity contribution >= 4 is 34.7 Å². The zero-order chi connectivity index (χ0) is 29.6. The lowest BCUT2D eigenvalue weighted by atomic mass is 9.84. The summed E-state index contributed by atoms with van der Waals surface area (Å²) in [6.07, 6.45) is 0. The van der Waals surface area contributed by atoms with E-state index in [-0.39, 0.29) is 22.2 Å². The molecule has 5 nitrogen and oxygen atoms in total. The number of nitrogens with zero attached hydrogens (tertiary/aromatic N) is 1. The summed E-state index contributed by atoms with van der Waals surface area (Å²) in [4.78, 5) is 28.8. The van der Waals surface area contributed by atoms with Crippen LogP contribution in [0.25, 0.3) is 5.76 Å². The Kier molecular flexibility index (Phi) is 7.92. The number of hydrogen-bond donors (Lipinski definition) is 1. The Morgan fingerprint density at radius 3 is 2.15 bits per heavy atom. The highest BCUT2D eigenvalue weighted by Crippen LogP contribution is 2.45. The van der Waals surface area contributed by atoms with Gasteiger partial charge in [-0.2, -0.15) is 0 Å². The number of carbonyl (C=O) groups is 2. The molecule has 6 heteroatoms. The van der Waals surface area contributed by atoms with Crippen LogP contribution in [0.15, 0.2) is 66.2 Å². The highest BCUT2D eigenvalue weighted by Gasteiger charge is 2.47. The Labute approximate surface area is 242 Å². The molecule has 0 spiro atoms. The Morgan fingerprint density at radius 1 is 0.925 bits per heavy atom. The van der Waals surface area contributed by atoms with Gasteiger partial charge in [-0.1, -0.05) is 83.5 Å². The minimum absolute atomic E-state index is 0.0388. The third-order valence-electron chi connectivity index (χ3n) is 7.33. The van der Waals surface area contributed by atoms with Gasteiger partial charge in [0, 0.05) is 21.8 Å². The number of hydrogen-bond acceptors (Lipinski definition) is 4. The molecular formula is C34H38ClNO4. The average Bonchev–Trinajstić information content (AvgIpc) is 3.14. The molecule has 1 saturated heterocycles. The normalized spacial score (nSPS) is 17.4. The monoisotopic (exact) mass is 559 g/mol. The van der Waals surface area contributed by atoms with E-state index in [2.05, 4.69) is 41.5 Å². The molecule has 3 aromatic carbocycles. The Bertz CT molecular complexity index is 1490. The number of rotatable bonds is 5. The van der Waals surface area contributed by atoms with Gasteiger partial charge in [0.15, 0.2) is 0 Å². The van der Waals surface area contributed by atoms with Gasteiger partial charge >= 0.3 is 0 Å². The van der Waals surface area contributed by atoms with E-state index in [4.69, 9.17) is 16.3 Å². The number of aliphatic hydroxyl groups excluding tert-OH is 1. The van der Waals surface area contributed by atoms with Gasteiger partial charge in [0.1, 0.15) is 11.5 Å². The first-order valence-electron chi connectivity index (χ1n) is 13.6. The number of halogens is 1. The van der Waals surface area contributed by atoms with Crippen molar-refractivity contribution in [3.63, 3.8) is 0 Å². The zero-order valence-corrected chi connectivity index (χ0v) is 25.3. The van der Waals surface area contributed by atoms with E-state index in [1.54, 1.807) is 18.2 Å². The van der Waals surface area contributed by atoms with Crippen LogP contribution in [0.1, 0.15) is 82.3 Å². The average molecular weight is 560 g/mol. The molecule has 1 unspecified atom stereocenters. The van der Waals surface area contributed by atoms with Gasteiger partial charge in [-0.05, 0) is 71.7 Å². The molecule has 1 amide bonds. The highest BCUT2D eigenvalue weighted by atomic mass is 35.5. The summed E-state index contributed by atoms with van der Waals surface area (Å²) in [5.74, 6) is -0.957. The number of Topliss-reactive ketones (excluding diaryl/α,β-unsaturated/α-hetero) is 1. The van der Waals surface area contributed by atoms with Crippen molar-refractivity contribution in [2.45, 2.75) is 72.3 Å². The van der Waals surface area contributed by atoms with Crippen LogP contribution in [-0.2, 0) is 20.4 Å². The van der Waals surface area contributed by atoms with E-state index < -0.39 is 17.7 Å². The van der Waals surface area contributed by atoms with E-state index in [1.165, 1.54) is 4.90 Å². The molecule has 1 N–H and O–H groups in total. The van der Waals surface area contributed by atoms with Crippen LogP contribution in [0, 0.1) is 6.92 Å². The SMILES string of the molecule is CCOc1ccc(/C(O)=C2/C(=O)C(=O)N(c3cc(Cl)ccc3C)C2c2ccc(C(C)(C)C)cc2)cc1C(C)(C)C. The molecule has 0 saturated carbocycles. The summed E-state index contributed by atoms with van der Waals surface area (Å²) >= 11 is 6.34. The number of benzene rings is 3. The van der Waals surface area contributed by atoms with Crippen molar-refractivity contribution in [2.24, 2.45) is 0 Å². The van der Waals surface area contributed by atoms with Gasteiger partial charge in [-0.3, -0.25) is 14.5 Å². The molecule has 1 heterocycles. The Hall–Kier alpha value is -3.57. The molecule has 0 aromatic heterocycles. The van der Waals surface area contributed by atoms with Crippen LogP contribution in [0.2, 0.25) is 5.02 Å². The lowest BCUT2D eigenvalue weighted by molar-refractivity contribution is -0.132. The number of ketones is 1. The highest BCUT2D eigenvalue weighted by molar-refractivity contribution is 6.52. The van der Waals surface area contributed by atoms with E-state index in [9.17, 15) is 14.7 Å². The number of ether oxygens (including phenoxy) is 1. The number of amides is 1. The van der Waals surface area contributed by atoms with Gasteiger partial charge in [0.25, 0.3) is 11.7 Å². The fourth-order valence-electron chi connectivity index (χ4n) is 5.10. The number of aryl methyl sites for hydroxylation is 1. The standard InChI is InChI=1S/C34H38ClNO4/c1-9-40-27-17-13-22(18-25(27)34(6,7)8)30(37)28-29(21-11-14-23(15-12-21)33(3,4)5)36(32(39)31(28)38)26-19-24(35)16-10-20(26)2/h10-19,29,37H,9H2,1-8H3/b30-28-. The first-order valence-corrected chi connectivity index (χ1v) is 14.0. The molecule has 1 aliphatic heterocycles. The summed E-state index contributed by atoms with van der Waals surface area (Å²) in [5, 5.41) is 12.2. The molecule has 1 fully saturated rings. The van der Waals surface area contributed by atoms with Gasteiger partial charge in [-0.25, -0.2) is 0 Å². The predicted octanol–water partition coefficient (Wildman–Crippen LogP) is 8.27. The minimum Gasteiger partial charge on any atom is -0.507 e. The molecular weight excluding hydrogens is 522 g/mol. The smallest absolute Gasteiger partial charge is 0.300 e. The largest absolute Gasteiger partial charge is 0.507 e. The van der Waals surface area contributed by atoms with Crippen molar-refractivity contribution in [3.05, 3.63) is 99.1 Å². The van der Waals surface area contributed by atoms with Crippen LogP contribution in [-0.4, -0.2) is 23.4 Å². The summed E-state index contributed by atoms with van der Waals surface area (Å²) < 4.78 is 5.85. The second-order valence-electron chi connectivity index (χ2n) is 12.4. The second-order valence-corrected chi connectivity index (χ2v) is 12.8. The fourth-order valence-corrected chi connectivity index (χ4v) is 5.27. The third-order valence-corrected chi connectivity index (χ3v) is 7.56. The third kappa shape index (κ3) is 5.53. The quantitative estimate of drug-likeness (QED) is 0.194. The molecule has 3 aromatic rings. The minimum atomic E-state index is -0.837. The van der Waals surface area contributed by atoms with Crippen molar-refractivity contribution in [1.82, 2.24) is 0 Å². The molecule has 0 aliphatic carbocycles. The first-order chi connectivity index (χ1) is 18.6. The lowest BCUT2D eigenvalue weighted by Crippen LogP contribution is -2.30. The predicted molar refractivity (Wildman–Crippen MR) is 162 cm³/mol. The maximum atomic E-state index is 13.7. The number of carbonyl (C=O) groups excluding carboxylic acids is 2. The van der Waals surface area contributed by atoms with Crippen LogP contribution in [0.3, 0.4) is 0 Å². The summed E-state index contributed by atoms with van der Waals surface area (Å²) in [6, 6.07) is 17.7. The summed E-state index contributed by atoms with van der Waals surface area (Å²) in [6.45, 7) is 16.9. The fraction of sp³-hybridized carbons (Fsp3) is 0.353. The van der Waals surface area contributed by atoms with Gasteiger partial charge in [0.05, 0.1) is 18.2 Å². The molecule has 0 bridgehead atoms. The molecule has 1 aliphatic rings. The van der Waals surface area contributed by atoms with E-state index in [0.29, 0.717) is 22.9 Å². The van der Waals surface area contributed by atoms with Crippen molar-refractivity contribution in [3.8, 4) is 5.75 Å². The summed E-state index contributed by atoms with van der Waals surface area (Å²) in [7, 11) is 0. The second kappa shape index (κ2) is 10.8. The van der Waals surface area contributed by atoms with E-state index in [0.717, 1.165) is 28.0 Å². The molecule has 0 radical (unpaired) electrons. The van der Waals surface area contributed by atoms with Crippen LogP contribution >= 0.6 is 11.6 Å². The van der Waals surface area contributed by atoms with Crippen molar-refractivity contribution in [2.75, 3.05) is 11.5 Å². The van der Waals surface area contributed by atoms with Crippen molar-refractivity contribution < 1.29 is 19.4 Å². The number of anilines is 1. The zero-order valence-electron chi connectivity index (χ0n) is 24.6.